The van der Waals surface area contributed by atoms with Crippen LogP contribution in [0.5, 0.6) is 0 Å². The van der Waals surface area contributed by atoms with Crippen molar-refractivity contribution in [3.05, 3.63) is 162 Å². The fraction of sp³-hybridized carbons (Fsp3) is 0.327. The Kier molecular flexibility index (Phi) is 13.4. The van der Waals surface area contributed by atoms with Gasteiger partial charge in [-0.25, -0.2) is 0 Å². The fourth-order valence-electron chi connectivity index (χ4n) is 9.63. The van der Waals surface area contributed by atoms with E-state index >= 15 is 0 Å². The molecule has 284 valence electrons. The summed E-state index contributed by atoms with van der Waals surface area (Å²) in [6, 6.07) is 35.9. The molecule has 5 aromatic rings. The van der Waals surface area contributed by atoms with Crippen LogP contribution in [-0.2, 0) is 21.3 Å². The molecule has 0 N–H and O–H groups in total. The average molecular weight is 845 g/mol. The maximum absolute atomic E-state index is 2.80. The van der Waals surface area contributed by atoms with Gasteiger partial charge >= 0.3 is 330 Å². The quantitative estimate of drug-likeness (QED) is 0.147. The minimum Gasteiger partial charge on any atom is -1.00 e. The third-order valence-corrected chi connectivity index (χ3v) is 20.4. The van der Waals surface area contributed by atoms with E-state index in [4.69, 9.17) is 0 Å². The van der Waals surface area contributed by atoms with E-state index in [2.05, 4.69) is 179 Å². The predicted molar refractivity (Wildman–Crippen MR) is 228 cm³/mol. The van der Waals surface area contributed by atoms with Crippen LogP contribution in [0, 0.1) is 52.9 Å². The SMILES string of the molecule is CCCCC1C=C(C(C)(C)C)C=[C]1/[Zr+2](=[C](/C)c1ccccc1)[CH]1c2cc(-c3c(C)cc(C)cc3C)ccc2-c2ccc(-c3c(C)cc(C)cc3C)cc21.[Cl-].[Cl-]. The second-order valence-electron chi connectivity index (χ2n) is 17.2. The van der Waals surface area contributed by atoms with E-state index < -0.39 is 21.3 Å². The molecule has 0 nitrogen and oxygen atoms in total. The Morgan fingerprint density at radius 3 is 1.55 bits per heavy atom. The number of unbranched alkanes of at least 4 members (excludes halogenated alkanes) is 1. The molecule has 0 amide bonds. The molecule has 55 heavy (non-hydrogen) atoms. The standard InChI is InChI=1S/C31H29.C13H21.C8H8.2ClH.Zr/c1-18-11-20(3)30(21(4)12-18)24-7-9-28-26(15-24)17-27-16-25(8-10-29(27)28)31-22(5)13-19(2)14-23(31)6;1-5-6-7-11-8-9-12(10-11)13(2,3)4;1-2-8-6-4-3-5-7-8;;;/h7-17H,1-6H3;9-11H,5-7H2,1-4H3;3-7H,1H3;2*1H;/q;;;;;+2/p-2. The van der Waals surface area contributed by atoms with Gasteiger partial charge in [0, 0.05) is 0 Å². The van der Waals surface area contributed by atoms with Crippen LogP contribution < -0.4 is 24.8 Å². The molecule has 0 radical (unpaired) electrons. The molecule has 2 aliphatic carbocycles. The van der Waals surface area contributed by atoms with E-state index in [9.17, 15) is 0 Å². The zero-order valence-electron chi connectivity index (χ0n) is 34.8. The van der Waals surface area contributed by atoms with E-state index in [0.29, 0.717) is 9.54 Å². The second kappa shape index (κ2) is 17.2. The Morgan fingerprint density at radius 2 is 1.11 bits per heavy atom. The first-order valence-corrected chi connectivity index (χ1v) is 23.8. The molecule has 1 unspecified atom stereocenters. The average Bonchev–Trinajstić information content (AvgIpc) is 3.66. The van der Waals surface area contributed by atoms with Crippen molar-refractivity contribution in [3.63, 3.8) is 0 Å². The number of halogens is 2. The van der Waals surface area contributed by atoms with Gasteiger partial charge in [-0.05, 0) is 0 Å². The first-order valence-electron chi connectivity index (χ1n) is 19.9. The number of hydrogen-bond donors (Lipinski definition) is 0. The molecule has 0 aromatic heterocycles. The normalized spacial score (nSPS) is 15.0. The number of hydrogen-bond acceptors (Lipinski definition) is 0. The Bertz CT molecular complexity index is 2180. The minimum absolute atomic E-state index is 0. The first-order chi connectivity index (χ1) is 25.3. The molecule has 3 heteroatoms. The van der Waals surface area contributed by atoms with Crippen LogP contribution in [0.1, 0.15) is 108 Å². The van der Waals surface area contributed by atoms with Gasteiger partial charge in [-0.2, -0.15) is 0 Å². The van der Waals surface area contributed by atoms with Crippen molar-refractivity contribution in [2.24, 2.45) is 11.3 Å². The topological polar surface area (TPSA) is 0 Å². The van der Waals surface area contributed by atoms with Gasteiger partial charge in [0.05, 0.1) is 0 Å². The zero-order valence-corrected chi connectivity index (χ0v) is 38.8. The third-order valence-electron chi connectivity index (χ3n) is 12.0. The van der Waals surface area contributed by atoms with Crippen LogP contribution in [0.2, 0.25) is 0 Å². The van der Waals surface area contributed by atoms with E-state index in [0.717, 1.165) is 0 Å². The summed E-state index contributed by atoms with van der Waals surface area (Å²) in [4.78, 5) is 0. The monoisotopic (exact) mass is 842 g/mol. The van der Waals surface area contributed by atoms with Crippen molar-refractivity contribution >= 4 is 3.21 Å². The van der Waals surface area contributed by atoms with Gasteiger partial charge in [-0.15, -0.1) is 0 Å². The Labute approximate surface area is 352 Å². The van der Waals surface area contributed by atoms with Gasteiger partial charge < -0.3 is 24.8 Å². The molecular weight excluding hydrogens is 787 g/mol. The summed E-state index contributed by atoms with van der Waals surface area (Å²) >= 11 is -2.80. The summed E-state index contributed by atoms with van der Waals surface area (Å²) in [6.07, 6.45) is 9.14. The van der Waals surface area contributed by atoms with Gasteiger partial charge in [-0.3, -0.25) is 0 Å². The molecule has 5 aromatic carbocycles. The molecular formula is C52H58Cl2Zr. The fourth-order valence-corrected chi connectivity index (χ4v) is 18.8. The van der Waals surface area contributed by atoms with Gasteiger partial charge in [0.1, 0.15) is 0 Å². The van der Waals surface area contributed by atoms with Crippen LogP contribution in [0.15, 0.2) is 112 Å². The number of benzene rings is 5. The molecule has 0 saturated carbocycles. The molecule has 0 heterocycles. The number of fused-ring (bicyclic) bond motifs is 3. The largest absolute Gasteiger partial charge is 1.00 e. The first kappa shape index (κ1) is 43.0. The molecule has 0 saturated heterocycles. The number of aryl methyl sites for hydroxylation is 6. The molecule has 2 aliphatic rings. The van der Waals surface area contributed by atoms with Crippen LogP contribution in [0.25, 0.3) is 33.4 Å². The molecule has 1 atom stereocenters. The van der Waals surface area contributed by atoms with Crippen molar-refractivity contribution in [2.75, 3.05) is 0 Å². The minimum atomic E-state index is -2.80. The summed E-state index contributed by atoms with van der Waals surface area (Å²) in [7, 11) is 0. The molecule has 0 spiro atoms. The van der Waals surface area contributed by atoms with E-state index in [1.807, 2.05) is 0 Å². The summed E-state index contributed by atoms with van der Waals surface area (Å²) in [5, 5.41) is 0. The Morgan fingerprint density at radius 1 is 0.636 bits per heavy atom. The van der Waals surface area contributed by atoms with Gasteiger partial charge in [-0.1, -0.05) is 0 Å². The molecule has 0 bridgehead atoms. The van der Waals surface area contributed by atoms with E-state index in [1.165, 1.54) is 97.2 Å². The van der Waals surface area contributed by atoms with Crippen LogP contribution in [-0.4, -0.2) is 3.21 Å². The van der Waals surface area contributed by atoms with Crippen molar-refractivity contribution in [1.82, 2.24) is 0 Å². The van der Waals surface area contributed by atoms with Crippen molar-refractivity contribution < 1.29 is 46.1 Å². The zero-order chi connectivity index (χ0) is 37.8. The summed E-state index contributed by atoms with van der Waals surface area (Å²) in [5.41, 5.74) is 22.7. The van der Waals surface area contributed by atoms with E-state index in [-0.39, 0.29) is 30.2 Å². The van der Waals surface area contributed by atoms with Crippen LogP contribution >= 0.6 is 0 Å². The van der Waals surface area contributed by atoms with E-state index in [1.54, 1.807) is 17.6 Å². The maximum Gasteiger partial charge on any atom is -1.00 e. The predicted octanol–water partition coefficient (Wildman–Crippen LogP) is 8.48. The molecule has 7 rings (SSSR count). The summed E-state index contributed by atoms with van der Waals surface area (Å²) < 4.78 is 3.83. The maximum atomic E-state index is 2.72. The Hall–Kier alpha value is -3.09. The second-order valence-corrected chi connectivity index (χ2v) is 23.9. The summed E-state index contributed by atoms with van der Waals surface area (Å²) in [6.45, 7) is 25.7. The number of rotatable bonds is 8. The molecule has 0 aliphatic heterocycles. The van der Waals surface area contributed by atoms with Gasteiger partial charge in [0.2, 0.25) is 0 Å². The van der Waals surface area contributed by atoms with Crippen molar-refractivity contribution in [3.8, 4) is 33.4 Å². The molecule has 0 fully saturated rings. The van der Waals surface area contributed by atoms with Crippen LogP contribution in [0.4, 0.5) is 0 Å². The number of allylic oxidation sites excluding steroid dienone is 4. The Balaban J connectivity index is 0.00000290. The summed E-state index contributed by atoms with van der Waals surface area (Å²) in [5.74, 6) is 0.513. The smallest absolute Gasteiger partial charge is 1.00 e. The van der Waals surface area contributed by atoms with Crippen molar-refractivity contribution in [1.29, 1.82) is 0 Å². The van der Waals surface area contributed by atoms with Gasteiger partial charge in [0.15, 0.2) is 0 Å². The van der Waals surface area contributed by atoms with Gasteiger partial charge in [0.25, 0.3) is 0 Å². The van der Waals surface area contributed by atoms with Crippen molar-refractivity contribution in [2.45, 2.75) is 99.0 Å². The van der Waals surface area contributed by atoms with Crippen LogP contribution in [0.3, 0.4) is 0 Å². The third kappa shape index (κ3) is 8.33.